The number of hydrogen-bond donors (Lipinski definition) is 1. The summed E-state index contributed by atoms with van der Waals surface area (Å²) >= 11 is 0. The molecule has 20 heavy (non-hydrogen) atoms. The molecule has 6 heteroatoms. The first-order chi connectivity index (χ1) is 9.28. The van der Waals surface area contributed by atoms with E-state index in [0.717, 1.165) is 12.8 Å². The Balaban J connectivity index is 2.59. The molecule has 0 aromatic heterocycles. The lowest BCUT2D eigenvalue weighted by Gasteiger charge is -2.26. The van der Waals surface area contributed by atoms with Crippen LogP contribution in [0.3, 0.4) is 0 Å². The third-order valence-electron chi connectivity index (χ3n) is 3.31. The van der Waals surface area contributed by atoms with Crippen LogP contribution in [0.2, 0.25) is 0 Å². The maximum Gasteiger partial charge on any atom is 0.417 e. The summed E-state index contributed by atoms with van der Waals surface area (Å²) in [6, 6.07) is -1.11. The molecule has 112 valence electrons. The van der Waals surface area contributed by atoms with Gasteiger partial charge in [0.25, 0.3) is 0 Å². The summed E-state index contributed by atoms with van der Waals surface area (Å²) < 4.78 is 5.11. The summed E-state index contributed by atoms with van der Waals surface area (Å²) in [5.74, 6) is -1.68. The molecule has 0 aliphatic carbocycles. The van der Waals surface area contributed by atoms with Crippen LogP contribution in [0, 0.1) is 5.41 Å². The minimum atomic E-state index is -1.18. The minimum Gasteiger partial charge on any atom is -0.480 e. The Morgan fingerprint density at radius 2 is 2.20 bits per heavy atom. The fraction of sp³-hybridized carbons (Fsp3) is 0.643. The number of allylic oxidation sites excluding steroid dienone is 1. The Hall–Kier alpha value is -1.85. The summed E-state index contributed by atoms with van der Waals surface area (Å²) in [5.41, 5.74) is -0.245. The molecule has 1 unspecified atom stereocenters. The Morgan fingerprint density at radius 1 is 1.55 bits per heavy atom. The van der Waals surface area contributed by atoms with Gasteiger partial charge in [-0.25, -0.2) is 14.5 Å². The zero-order valence-corrected chi connectivity index (χ0v) is 11.9. The van der Waals surface area contributed by atoms with Crippen LogP contribution in [0.25, 0.3) is 0 Å². The zero-order valence-electron chi connectivity index (χ0n) is 11.9. The highest BCUT2D eigenvalue weighted by molar-refractivity contribution is 5.99. The van der Waals surface area contributed by atoms with E-state index in [1.165, 1.54) is 0 Å². The number of ether oxygens (including phenoxy) is 1. The molecule has 0 aromatic rings. The molecule has 1 aliphatic rings. The molecule has 1 N–H and O–H groups in total. The fourth-order valence-corrected chi connectivity index (χ4v) is 2.04. The third kappa shape index (κ3) is 4.08. The lowest BCUT2D eigenvalue weighted by Crippen LogP contribution is -2.44. The normalized spacial score (nSPS) is 19.0. The predicted octanol–water partition coefficient (Wildman–Crippen LogP) is 2.19. The van der Waals surface area contributed by atoms with Crippen LogP contribution in [0.5, 0.6) is 0 Å². The van der Waals surface area contributed by atoms with Crippen molar-refractivity contribution in [3.05, 3.63) is 12.7 Å². The Morgan fingerprint density at radius 3 is 2.75 bits per heavy atom. The van der Waals surface area contributed by atoms with Crippen molar-refractivity contribution in [2.75, 3.05) is 6.61 Å². The SMILES string of the molecule is C=CCCC(C)(C)COC(=O)N1C(=O)CCC1C(=O)O. The van der Waals surface area contributed by atoms with E-state index in [9.17, 15) is 14.4 Å². The zero-order chi connectivity index (χ0) is 15.3. The number of amides is 2. The van der Waals surface area contributed by atoms with E-state index >= 15 is 0 Å². The fourth-order valence-electron chi connectivity index (χ4n) is 2.04. The van der Waals surface area contributed by atoms with E-state index in [1.54, 1.807) is 6.08 Å². The number of carbonyl (C=O) groups excluding carboxylic acids is 2. The van der Waals surface area contributed by atoms with Gasteiger partial charge in [0.1, 0.15) is 6.04 Å². The first-order valence-electron chi connectivity index (χ1n) is 6.61. The van der Waals surface area contributed by atoms with Crippen LogP contribution in [0.4, 0.5) is 4.79 Å². The average molecular weight is 283 g/mol. The molecule has 1 saturated heterocycles. The molecule has 1 fully saturated rings. The van der Waals surface area contributed by atoms with Crippen LogP contribution in [-0.4, -0.2) is 40.6 Å². The van der Waals surface area contributed by atoms with Gasteiger partial charge in [0.05, 0.1) is 6.61 Å². The molecule has 0 aromatic carbocycles. The standard InChI is InChI=1S/C14H21NO5/c1-4-5-8-14(2,3)9-20-13(19)15-10(12(17)18)6-7-11(15)16/h4,10H,1,5-9H2,2-3H3,(H,17,18). The molecule has 1 atom stereocenters. The largest absolute Gasteiger partial charge is 0.480 e. The van der Waals surface area contributed by atoms with E-state index in [-0.39, 0.29) is 24.9 Å². The van der Waals surface area contributed by atoms with Crippen LogP contribution in [-0.2, 0) is 14.3 Å². The second-order valence-electron chi connectivity index (χ2n) is 5.70. The maximum atomic E-state index is 11.9. The first-order valence-corrected chi connectivity index (χ1v) is 6.61. The number of carbonyl (C=O) groups is 3. The Bertz CT molecular complexity index is 416. The predicted molar refractivity (Wildman–Crippen MR) is 72.1 cm³/mol. The lowest BCUT2D eigenvalue weighted by atomic mass is 9.89. The average Bonchev–Trinajstić information content (AvgIpc) is 2.76. The van der Waals surface area contributed by atoms with Gasteiger partial charge in [-0.15, -0.1) is 6.58 Å². The quantitative estimate of drug-likeness (QED) is 0.755. The molecule has 6 nitrogen and oxygen atoms in total. The van der Waals surface area contributed by atoms with Crippen molar-refractivity contribution in [3.8, 4) is 0 Å². The summed E-state index contributed by atoms with van der Waals surface area (Å²) in [4.78, 5) is 35.2. The summed E-state index contributed by atoms with van der Waals surface area (Å²) in [6.45, 7) is 7.64. The highest BCUT2D eigenvalue weighted by atomic mass is 16.6. The molecule has 0 bridgehead atoms. The van der Waals surface area contributed by atoms with E-state index in [0.29, 0.717) is 4.90 Å². The van der Waals surface area contributed by atoms with Crippen LogP contribution < -0.4 is 0 Å². The van der Waals surface area contributed by atoms with Crippen molar-refractivity contribution >= 4 is 18.0 Å². The molecule has 1 heterocycles. The number of carboxylic acid groups (broad SMARTS) is 1. The minimum absolute atomic E-state index is 0.0614. The molecular weight excluding hydrogens is 262 g/mol. The van der Waals surface area contributed by atoms with Gasteiger partial charge >= 0.3 is 12.1 Å². The van der Waals surface area contributed by atoms with Crippen molar-refractivity contribution in [1.82, 2.24) is 4.90 Å². The third-order valence-corrected chi connectivity index (χ3v) is 3.31. The second kappa shape index (κ2) is 6.54. The maximum absolute atomic E-state index is 11.9. The van der Waals surface area contributed by atoms with Crippen LogP contribution in [0.1, 0.15) is 39.5 Å². The molecule has 2 amide bonds. The number of rotatable bonds is 6. The van der Waals surface area contributed by atoms with Crippen molar-refractivity contribution in [1.29, 1.82) is 0 Å². The van der Waals surface area contributed by atoms with Gasteiger partial charge < -0.3 is 9.84 Å². The summed E-state index contributed by atoms with van der Waals surface area (Å²) in [6.07, 6.45) is 2.71. The molecule has 1 aliphatic heterocycles. The number of aliphatic carboxylic acids is 1. The van der Waals surface area contributed by atoms with Gasteiger partial charge in [0.2, 0.25) is 5.91 Å². The monoisotopic (exact) mass is 283 g/mol. The number of hydrogen-bond acceptors (Lipinski definition) is 4. The van der Waals surface area contributed by atoms with Crippen LogP contribution in [0.15, 0.2) is 12.7 Å². The summed E-state index contributed by atoms with van der Waals surface area (Å²) in [5, 5.41) is 8.98. The lowest BCUT2D eigenvalue weighted by molar-refractivity contribution is -0.145. The molecule has 0 spiro atoms. The van der Waals surface area contributed by atoms with Crippen LogP contribution >= 0.6 is 0 Å². The second-order valence-corrected chi connectivity index (χ2v) is 5.70. The van der Waals surface area contributed by atoms with Gasteiger partial charge in [-0.3, -0.25) is 4.79 Å². The summed E-state index contributed by atoms with van der Waals surface area (Å²) in [7, 11) is 0. The van der Waals surface area contributed by atoms with Gasteiger partial charge in [-0.2, -0.15) is 0 Å². The van der Waals surface area contributed by atoms with E-state index in [1.807, 2.05) is 13.8 Å². The number of likely N-dealkylation sites (tertiary alicyclic amines) is 1. The molecule has 1 rings (SSSR count). The van der Waals surface area contributed by atoms with Gasteiger partial charge in [0, 0.05) is 6.42 Å². The topological polar surface area (TPSA) is 83.9 Å². The van der Waals surface area contributed by atoms with Gasteiger partial charge in [-0.1, -0.05) is 19.9 Å². The molecule has 0 saturated carbocycles. The highest BCUT2D eigenvalue weighted by Crippen LogP contribution is 2.25. The highest BCUT2D eigenvalue weighted by Gasteiger charge is 2.41. The van der Waals surface area contributed by atoms with E-state index in [2.05, 4.69) is 6.58 Å². The Labute approximate surface area is 118 Å². The molecule has 0 radical (unpaired) electrons. The van der Waals surface area contributed by atoms with Crippen molar-refractivity contribution in [2.45, 2.75) is 45.6 Å². The van der Waals surface area contributed by atoms with Crippen molar-refractivity contribution in [2.24, 2.45) is 5.41 Å². The van der Waals surface area contributed by atoms with Crippen molar-refractivity contribution in [3.63, 3.8) is 0 Å². The molecular formula is C14H21NO5. The number of imide groups is 1. The van der Waals surface area contributed by atoms with E-state index < -0.39 is 24.0 Å². The van der Waals surface area contributed by atoms with E-state index in [4.69, 9.17) is 9.84 Å². The van der Waals surface area contributed by atoms with Crippen molar-refractivity contribution < 1.29 is 24.2 Å². The number of nitrogens with zero attached hydrogens (tertiary/aromatic N) is 1. The van der Waals surface area contributed by atoms with Gasteiger partial charge in [0.15, 0.2) is 0 Å². The Kier molecular flexibility index (Phi) is 5.30. The smallest absolute Gasteiger partial charge is 0.417 e. The first kappa shape index (κ1) is 16.2. The number of carboxylic acids is 1. The van der Waals surface area contributed by atoms with Gasteiger partial charge in [-0.05, 0) is 24.7 Å².